The summed E-state index contributed by atoms with van der Waals surface area (Å²) in [7, 11) is 0. The van der Waals surface area contributed by atoms with Crippen LogP contribution in [0.4, 0.5) is 4.79 Å². The molecule has 2 amide bonds. The van der Waals surface area contributed by atoms with Crippen molar-refractivity contribution in [1.29, 1.82) is 0 Å². The van der Waals surface area contributed by atoms with E-state index in [9.17, 15) is 4.79 Å². The van der Waals surface area contributed by atoms with Crippen LogP contribution in [0.2, 0.25) is 5.02 Å². The SMILES string of the molecule is CCCC(c1ccccc1Cl)N1C=C[N]C1=O. The third kappa shape index (κ3) is 2.44. The van der Waals surface area contributed by atoms with E-state index in [4.69, 9.17) is 11.6 Å². The summed E-state index contributed by atoms with van der Waals surface area (Å²) < 4.78 is 0. The van der Waals surface area contributed by atoms with Gasteiger partial charge in [0, 0.05) is 17.4 Å². The van der Waals surface area contributed by atoms with Crippen molar-refractivity contribution in [3.8, 4) is 0 Å². The third-order valence-corrected chi connectivity index (χ3v) is 3.14. The maximum absolute atomic E-state index is 11.6. The van der Waals surface area contributed by atoms with Crippen molar-refractivity contribution < 1.29 is 4.79 Å². The lowest BCUT2D eigenvalue weighted by Crippen LogP contribution is -2.29. The summed E-state index contributed by atoms with van der Waals surface area (Å²) in [5.74, 6) is 0. The fraction of sp³-hybridized carbons (Fsp3) is 0.308. The van der Waals surface area contributed by atoms with E-state index in [2.05, 4.69) is 12.2 Å². The van der Waals surface area contributed by atoms with Crippen LogP contribution in [0.3, 0.4) is 0 Å². The van der Waals surface area contributed by atoms with Gasteiger partial charge in [-0.3, -0.25) is 4.90 Å². The van der Waals surface area contributed by atoms with Crippen LogP contribution in [0.15, 0.2) is 36.7 Å². The molecule has 1 radical (unpaired) electrons. The summed E-state index contributed by atoms with van der Waals surface area (Å²) in [5.41, 5.74) is 0.978. The Morgan fingerprint density at radius 3 is 2.76 bits per heavy atom. The van der Waals surface area contributed by atoms with Crippen molar-refractivity contribution in [2.45, 2.75) is 25.8 Å². The van der Waals surface area contributed by atoms with Crippen LogP contribution in [0.5, 0.6) is 0 Å². The molecule has 1 atom stereocenters. The Hall–Kier alpha value is -1.48. The molecule has 17 heavy (non-hydrogen) atoms. The molecular formula is C13H14ClN2O. The molecule has 1 aromatic rings. The Balaban J connectivity index is 2.32. The highest BCUT2D eigenvalue weighted by Crippen LogP contribution is 2.32. The Morgan fingerprint density at radius 2 is 2.18 bits per heavy atom. The van der Waals surface area contributed by atoms with Crippen LogP contribution in [0.25, 0.3) is 0 Å². The molecule has 1 aromatic carbocycles. The number of rotatable bonds is 4. The molecule has 3 nitrogen and oxygen atoms in total. The molecule has 0 spiro atoms. The first kappa shape index (κ1) is 12.0. The van der Waals surface area contributed by atoms with Crippen molar-refractivity contribution >= 4 is 17.6 Å². The van der Waals surface area contributed by atoms with E-state index >= 15 is 0 Å². The van der Waals surface area contributed by atoms with Crippen molar-refractivity contribution in [1.82, 2.24) is 10.2 Å². The summed E-state index contributed by atoms with van der Waals surface area (Å²) in [6, 6.07) is 7.39. The van der Waals surface area contributed by atoms with E-state index in [1.165, 1.54) is 6.20 Å². The molecule has 0 saturated carbocycles. The van der Waals surface area contributed by atoms with E-state index < -0.39 is 0 Å². The van der Waals surface area contributed by atoms with Gasteiger partial charge in [0.2, 0.25) is 0 Å². The van der Waals surface area contributed by atoms with Crippen LogP contribution in [-0.2, 0) is 0 Å². The van der Waals surface area contributed by atoms with E-state index in [1.54, 1.807) is 11.1 Å². The highest BCUT2D eigenvalue weighted by molar-refractivity contribution is 6.31. The normalized spacial score (nSPS) is 16.1. The number of amides is 2. The number of hydrogen-bond donors (Lipinski definition) is 0. The second-order valence-electron chi connectivity index (χ2n) is 3.94. The Bertz CT molecular complexity index is 445. The van der Waals surface area contributed by atoms with E-state index in [1.807, 2.05) is 24.3 Å². The zero-order valence-electron chi connectivity index (χ0n) is 9.64. The van der Waals surface area contributed by atoms with E-state index in [0.29, 0.717) is 5.02 Å². The lowest BCUT2D eigenvalue weighted by atomic mass is 10.0. The molecule has 0 aromatic heterocycles. The fourth-order valence-electron chi connectivity index (χ4n) is 2.00. The van der Waals surface area contributed by atoms with Gasteiger partial charge in [0.15, 0.2) is 0 Å². The van der Waals surface area contributed by atoms with Gasteiger partial charge in [0.25, 0.3) is 0 Å². The third-order valence-electron chi connectivity index (χ3n) is 2.80. The van der Waals surface area contributed by atoms with Gasteiger partial charge in [-0.2, -0.15) is 0 Å². The monoisotopic (exact) mass is 249 g/mol. The molecule has 2 rings (SSSR count). The Labute approximate surface area is 106 Å². The molecule has 1 unspecified atom stereocenters. The van der Waals surface area contributed by atoms with Gasteiger partial charge in [-0.05, 0) is 18.1 Å². The molecule has 0 saturated heterocycles. The lowest BCUT2D eigenvalue weighted by molar-refractivity contribution is 0.206. The van der Waals surface area contributed by atoms with Crippen molar-refractivity contribution in [3.05, 3.63) is 47.3 Å². The first-order valence-corrected chi connectivity index (χ1v) is 6.06. The Kier molecular flexibility index (Phi) is 3.69. The van der Waals surface area contributed by atoms with Crippen molar-refractivity contribution in [3.63, 3.8) is 0 Å². The summed E-state index contributed by atoms with van der Waals surface area (Å²) in [6.07, 6.45) is 5.09. The molecular weight excluding hydrogens is 236 g/mol. The zero-order valence-corrected chi connectivity index (χ0v) is 10.4. The molecule has 1 heterocycles. The maximum Gasteiger partial charge on any atom is 0.348 e. The quantitative estimate of drug-likeness (QED) is 0.801. The molecule has 4 heteroatoms. The topological polar surface area (TPSA) is 34.4 Å². The number of carbonyl (C=O) groups is 1. The van der Waals surface area contributed by atoms with Gasteiger partial charge in [0.05, 0.1) is 6.04 Å². The average Bonchev–Trinajstić information content (AvgIpc) is 2.74. The van der Waals surface area contributed by atoms with Gasteiger partial charge in [-0.15, -0.1) is 0 Å². The lowest BCUT2D eigenvalue weighted by Gasteiger charge is -2.26. The van der Waals surface area contributed by atoms with Gasteiger partial charge >= 0.3 is 6.03 Å². The largest absolute Gasteiger partial charge is 0.348 e. The molecule has 1 aliphatic rings. The van der Waals surface area contributed by atoms with Gasteiger partial charge in [-0.25, -0.2) is 10.1 Å². The van der Waals surface area contributed by atoms with Crippen molar-refractivity contribution in [2.75, 3.05) is 0 Å². The number of halogens is 1. The summed E-state index contributed by atoms with van der Waals surface area (Å²) in [5, 5.41) is 4.43. The second kappa shape index (κ2) is 5.23. The fourth-order valence-corrected chi connectivity index (χ4v) is 2.26. The summed E-state index contributed by atoms with van der Waals surface area (Å²) in [4.78, 5) is 13.3. The van der Waals surface area contributed by atoms with Crippen molar-refractivity contribution in [2.24, 2.45) is 0 Å². The summed E-state index contributed by atoms with van der Waals surface area (Å²) >= 11 is 6.19. The first-order valence-electron chi connectivity index (χ1n) is 5.68. The van der Waals surface area contributed by atoms with Crippen LogP contribution in [-0.4, -0.2) is 10.9 Å². The minimum atomic E-state index is -0.219. The average molecular weight is 250 g/mol. The Morgan fingerprint density at radius 1 is 1.41 bits per heavy atom. The zero-order chi connectivity index (χ0) is 12.3. The van der Waals surface area contributed by atoms with Crippen LogP contribution in [0, 0.1) is 0 Å². The molecule has 0 fully saturated rings. The molecule has 1 aliphatic heterocycles. The maximum atomic E-state index is 11.6. The van der Waals surface area contributed by atoms with Gasteiger partial charge in [0.1, 0.15) is 0 Å². The highest BCUT2D eigenvalue weighted by atomic mass is 35.5. The predicted molar refractivity (Wildman–Crippen MR) is 67.6 cm³/mol. The molecule has 0 N–H and O–H groups in total. The van der Waals surface area contributed by atoms with Gasteiger partial charge < -0.3 is 0 Å². The van der Waals surface area contributed by atoms with Gasteiger partial charge in [-0.1, -0.05) is 43.1 Å². The van der Waals surface area contributed by atoms with E-state index in [-0.39, 0.29) is 12.1 Å². The predicted octanol–water partition coefficient (Wildman–Crippen LogP) is 3.69. The number of nitrogens with zero attached hydrogens (tertiary/aromatic N) is 2. The second-order valence-corrected chi connectivity index (χ2v) is 4.35. The number of urea groups is 1. The highest BCUT2D eigenvalue weighted by Gasteiger charge is 2.27. The van der Waals surface area contributed by atoms with Crippen LogP contribution >= 0.6 is 11.6 Å². The van der Waals surface area contributed by atoms with Crippen LogP contribution in [0.1, 0.15) is 31.4 Å². The standard InChI is InChI=1S/C13H14ClN2O/c1-2-5-12(16-9-8-15-13(16)17)10-6-3-4-7-11(10)14/h3-4,6-9,12H,2,5H2,1H3. The van der Waals surface area contributed by atoms with E-state index in [0.717, 1.165) is 18.4 Å². The number of benzene rings is 1. The molecule has 89 valence electrons. The summed E-state index contributed by atoms with van der Waals surface area (Å²) in [6.45, 7) is 2.09. The number of carbonyl (C=O) groups excluding carboxylic acids is 1. The molecule has 0 bridgehead atoms. The minimum Gasteiger partial charge on any atom is -0.290 e. The minimum absolute atomic E-state index is 0.0244. The first-order chi connectivity index (χ1) is 8.24. The molecule has 0 aliphatic carbocycles. The van der Waals surface area contributed by atoms with Crippen LogP contribution < -0.4 is 5.32 Å². The number of hydrogen-bond acceptors (Lipinski definition) is 1. The smallest absolute Gasteiger partial charge is 0.290 e.